The van der Waals surface area contributed by atoms with E-state index in [-0.39, 0.29) is 55.0 Å². The first-order valence-corrected chi connectivity index (χ1v) is 12.1. The molecule has 0 aliphatic carbocycles. The zero-order chi connectivity index (χ0) is 24.9. The molecule has 2 aromatic carbocycles. The third-order valence-corrected chi connectivity index (χ3v) is 7.36. The van der Waals surface area contributed by atoms with Crippen LogP contribution in [-0.4, -0.2) is 67.3 Å². The highest BCUT2D eigenvalue weighted by molar-refractivity contribution is 7.89. The van der Waals surface area contributed by atoms with Gasteiger partial charge in [0.05, 0.1) is 28.0 Å². The van der Waals surface area contributed by atoms with Crippen LogP contribution in [0.1, 0.15) is 35.8 Å². The van der Waals surface area contributed by atoms with Crippen LogP contribution in [0.2, 0.25) is 0 Å². The number of carbonyl (C=O) groups is 2. The fraction of sp³-hybridized carbons (Fsp3) is 0.364. The number of hydrogen-bond acceptors (Lipinski definition) is 7. The van der Waals surface area contributed by atoms with Crippen LogP contribution >= 0.6 is 0 Å². The maximum Gasteiger partial charge on any atom is 0.338 e. The molecule has 1 aliphatic heterocycles. The van der Waals surface area contributed by atoms with Crippen molar-refractivity contribution in [3.63, 3.8) is 0 Å². The van der Waals surface area contributed by atoms with E-state index in [1.807, 2.05) is 0 Å². The van der Waals surface area contributed by atoms with Gasteiger partial charge in [0.15, 0.2) is 0 Å². The predicted octanol–water partition coefficient (Wildman–Crippen LogP) is 2.55. The Labute approximate surface area is 197 Å². The van der Waals surface area contributed by atoms with Crippen LogP contribution in [0.3, 0.4) is 0 Å². The fourth-order valence-corrected chi connectivity index (χ4v) is 4.95. The van der Waals surface area contributed by atoms with Crippen LogP contribution < -0.4 is 5.32 Å². The number of piperazine rings is 1. The molecule has 182 valence electrons. The summed E-state index contributed by atoms with van der Waals surface area (Å²) in [4.78, 5) is 36.4. The number of non-ortho nitro benzene ring substituents is 1. The third-order valence-electron chi connectivity index (χ3n) is 5.45. The minimum absolute atomic E-state index is 0.0535. The summed E-state index contributed by atoms with van der Waals surface area (Å²) in [6.07, 6.45) is 0. The third kappa shape index (κ3) is 5.69. The molecule has 1 heterocycles. The maximum absolute atomic E-state index is 13.0. The van der Waals surface area contributed by atoms with Crippen LogP contribution in [0.4, 0.5) is 10.5 Å². The highest BCUT2D eigenvalue weighted by Gasteiger charge is 2.30. The number of benzene rings is 2. The van der Waals surface area contributed by atoms with Crippen molar-refractivity contribution in [2.45, 2.75) is 24.8 Å². The zero-order valence-electron chi connectivity index (χ0n) is 18.8. The lowest BCUT2D eigenvalue weighted by atomic mass is 10.1. The summed E-state index contributed by atoms with van der Waals surface area (Å²) < 4.78 is 32.1. The second-order valence-electron chi connectivity index (χ2n) is 7.66. The lowest BCUT2D eigenvalue weighted by molar-refractivity contribution is -0.384. The number of nitrogens with zero attached hydrogens (tertiary/aromatic N) is 3. The molecule has 1 atom stereocenters. The molecule has 0 radical (unpaired) electrons. The Balaban J connectivity index is 1.58. The molecule has 1 unspecified atom stereocenters. The molecule has 1 aliphatic rings. The van der Waals surface area contributed by atoms with Crippen LogP contribution in [0.5, 0.6) is 0 Å². The molecule has 2 amide bonds. The van der Waals surface area contributed by atoms with Gasteiger partial charge in [0.25, 0.3) is 5.69 Å². The van der Waals surface area contributed by atoms with Gasteiger partial charge >= 0.3 is 12.0 Å². The quantitative estimate of drug-likeness (QED) is 0.357. The molecule has 0 bridgehead atoms. The van der Waals surface area contributed by atoms with Crippen LogP contribution in [-0.2, 0) is 14.8 Å². The SMILES string of the molecule is CCOC(=O)c1ccc(S(=O)(=O)N2CCN(C(=O)NC(C)c3cccc([N+](=O)[O-])c3)CC2)cc1. The van der Waals surface area contributed by atoms with E-state index in [2.05, 4.69) is 5.32 Å². The molecule has 0 aromatic heterocycles. The average Bonchev–Trinajstić information content (AvgIpc) is 2.84. The Morgan fingerprint density at radius 3 is 2.35 bits per heavy atom. The van der Waals surface area contributed by atoms with Crippen LogP contribution in [0.25, 0.3) is 0 Å². The van der Waals surface area contributed by atoms with Crippen molar-refractivity contribution in [3.05, 3.63) is 69.8 Å². The van der Waals surface area contributed by atoms with E-state index < -0.39 is 27.0 Å². The van der Waals surface area contributed by atoms with E-state index in [1.54, 1.807) is 26.0 Å². The first-order valence-electron chi connectivity index (χ1n) is 10.7. The minimum Gasteiger partial charge on any atom is -0.462 e. The van der Waals surface area contributed by atoms with E-state index in [0.717, 1.165) is 0 Å². The number of rotatable bonds is 7. The van der Waals surface area contributed by atoms with Crippen molar-refractivity contribution in [1.82, 2.24) is 14.5 Å². The smallest absolute Gasteiger partial charge is 0.338 e. The summed E-state index contributed by atoms with van der Waals surface area (Å²) in [5.74, 6) is -0.523. The number of urea groups is 1. The number of nitro groups is 1. The van der Waals surface area contributed by atoms with Gasteiger partial charge < -0.3 is 15.0 Å². The summed E-state index contributed by atoms with van der Waals surface area (Å²) >= 11 is 0. The number of nitrogens with one attached hydrogen (secondary N) is 1. The Morgan fingerprint density at radius 1 is 1.12 bits per heavy atom. The molecule has 1 N–H and O–H groups in total. The Hall–Kier alpha value is -3.51. The second kappa shape index (κ2) is 10.6. The second-order valence-corrected chi connectivity index (χ2v) is 9.60. The minimum atomic E-state index is -3.79. The zero-order valence-corrected chi connectivity index (χ0v) is 19.7. The van der Waals surface area contributed by atoms with Crippen molar-refractivity contribution in [1.29, 1.82) is 0 Å². The first-order chi connectivity index (χ1) is 16.1. The van der Waals surface area contributed by atoms with Crippen molar-refractivity contribution >= 4 is 27.7 Å². The van der Waals surface area contributed by atoms with E-state index in [4.69, 9.17) is 4.74 Å². The molecule has 12 heteroatoms. The summed E-state index contributed by atoms with van der Waals surface area (Å²) in [6, 6.07) is 10.7. The lowest BCUT2D eigenvalue weighted by Crippen LogP contribution is -2.53. The van der Waals surface area contributed by atoms with Gasteiger partial charge in [-0.25, -0.2) is 18.0 Å². The number of sulfonamides is 1. The Morgan fingerprint density at radius 2 is 1.76 bits per heavy atom. The Kier molecular flexibility index (Phi) is 7.84. The van der Waals surface area contributed by atoms with Crippen LogP contribution in [0.15, 0.2) is 53.4 Å². The largest absolute Gasteiger partial charge is 0.462 e. The predicted molar refractivity (Wildman–Crippen MR) is 123 cm³/mol. The molecule has 1 fully saturated rings. The fourth-order valence-electron chi connectivity index (χ4n) is 3.53. The summed E-state index contributed by atoms with van der Waals surface area (Å²) in [5.41, 5.74) is 0.794. The molecule has 0 spiro atoms. The number of hydrogen-bond donors (Lipinski definition) is 1. The number of amides is 2. The molecule has 3 rings (SSSR count). The number of esters is 1. The topological polar surface area (TPSA) is 139 Å². The van der Waals surface area contributed by atoms with Crippen molar-refractivity contribution in [3.8, 4) is 0 Å². The van der Waals surface area contributed by atoms with Crippen molar-refractivity contribution < 1.29 is 27.7 Å². The van der Waals surface area contributed by atoms with E-state index in [0.29, 0.717) is 5.56 Å². The van der Waals surface area contributed by atoms with E-state index >= 15 is 0 Å². The first kappa shape index (κ1) is 25.1. The van der Waals surface area contributed by atoms with Gasteiger partial charge in [0, 0.05) is 38.3 Å². The molecular weight excluding hydrogens is 464 g/mol. The lowest BCUT2D eigenvalue weighted by Gasteiger charge is -2.34. The highest BCUT2D eigenvalue weighted by Crippen LogP contribution is 2.21. The van der Waals surface area contributed by atoms with Crippen molar-refractivity contribution in [2.75, 3.05) is 32.8 Å². The molecule has 0 saturated carbocycles. The molecule has 11 nitrogen and oxygen atoms in total. The van der Waals surface area contributed by atoms with Gasteiger partial charge in [0.1, 0.15) is 0 Å². The van der Waals surface area contributed by atoms with Crippen LogP contribution in [0, 0.1) is 10.1 Å². The number of ether oxygens (including phenoxy) is 1. The highest BCUT2D eigenvalue weighted by atomic mass is 32.2. The van der Waals surface area contributed by atoms with Gasteiger partial charge in [-0.2, -0.15) is 4.31 Å². The van der Waals surface area contributed by atoms with Gasteiger partial charge in [-0.05, 0) is 43.7 Å². The van der Waals surface area contributed by atoms with Gasteiger partial charge in [-0.15, -0.1) is 0 Å². The monoisotopic (exact) mass is 490 g/mol. The number of nitro benzene ring substituents is 1. The number of carbonyl (C=O) groups excluding carboxylic acids is 2. The summed E-state index contributed by atoms with van der Waals surface area (Å²) in [5, 5.41) is 13.8. The molecule has 1 saturated heterocycles. The standard InChI is InChI=1S/C22H26N4O7S/c1-3-33-21(27)17-7-9-20(10-8-17)34(31,32)25-13-11-24(12-14-25)22(28)23-16(2)18-5-4-6-19(15-18)26(29)30/h4-10,15-16H,3,11-14H2,1-2H3,(H,23,28). The van der Waals surface area contributed by atoms with E-state index in [9.17, 15) is 28.1 Å². The van der Waals surface area contributed by atoms with Gasteiger partial charge in [-0.3, -0.25) is 10.1 Å². The average molecular weight is 491 g/mol. The maximum atomic E-state index is 13.0. The van der Waals surface area contributed by atoms with Crippen molar-refractivity contribution in [2.24, 2.45) is 0 Å². The van der Waals surface area contributed by atoms with Gasteiger partial charge in [-0.1, -0.05) is 12.1 Å². The molecule has 34 heavy (non-hydrogen) atoms. The molecule has 2 aromatic rings. The van der Waals surface area contributed by atoms with Gasteiger partial charge in [0.2, 0.25) is 10.0 Å². The molecular formula is C22H26N4O7S. The normalized spacial score (nSPS) is 15.4. The summed E-state index contributed by atoms with van der Waals surface area (Å²) in [6.45, 7) is 4.23. The summed E-state index contributed by atoms with van der Waals surface area (Å²) in [7, 11) is -3.79. The van der Waals surface area contributed by atoms with E-state index in [1.165, 1.54) is 45.6 Å². The Bertz CT molecular complexity index is 1160.